The molecule has 0 aliphatic rings. The predicted molar refractivity (Wildman–Crippen MR) is 70.5 cm³/mol. The second kappa shape index (κ2) is 5.23. The van der Waals surface area contributed by atoms with Crippen LogP contribution in [0.25, 0.3) is 0 Å². The Morgan fingerprint density at radius 1 is 0.800 bits per heavy atom. The summed E-state index contributed by atoms with van der Waals surface area (Å²) in [5.41, 5.74) is 0. The van der Waals surface area contributed by atoms with Gasteiger partial charge in [0.05, 0.1) is 9.79 Å². The Morgan fingerprint density at radius 2 is 1.40 bits per heavy atom. The summed E-state index contributed by atoms with van der Waals surface area (Å²) in [5, 5.41) is 0. The standard InChI is InChI=1S/C12H10O6S2/c13-19(14,11-6-2-1-3-7-11)12-8-4-5-10(9-12)18-20(15,16)17/h1-9H,(H,15,16,17). The molecule has 20 heavy (non-hydrogen) atoms. The summed E-state index contributed by atoms with van der Waals surface area (Å²) in [6.45, 7) is 0. The number of hydrogen-bond donors (Lipinski definition) is 1. The molecule has 0 heterocycles. The molecule has 0 bridgehead atoms. The summed E-state index contributed by atoms with van der Waals surface area (Å²) >= 11 is 0. The summed E-state index contributed by atoms with van der Waals surface area (Å²) in [7, 11) is -8.47. The maximum atomic E-state index is 12.3. The Labute approximate surface area is 116 Å². The lowest BCUT2D eigenvalue weighted by Gasteiger charge is -2.06. The molecule has 0 fully saturated rings. The molecule has 106 valence electrons. The third kappa shape index (κ3) is 3.35. The van der Waals surface area contributed by atoms with E-state index in [2.05, 4.69) is 4.18 Å². The summed E-state index contributed by atoms with van der Waals surface area (Å²) < 4.78 is 58.6. The second-order valence-corrected chi connectivity index (χ2v) is 6.77. The number of benzene rings is 2. The van der Waals surface area contributed by atoms with Crippen LogP contribution in [-0.4, -0.2) is 21.4 Å². The van der Waals surface area contributed by atoms with Gasteiger partial charge in [0.15, 0.2) is 0 Å². The lowest BCUT2D eigenvalue weighted by molar-refractivity contribution is 0.386. The van der Waals surface area contributed by atoms with Gasteiger partial charge in [-0.25, -0.2) is 8.42 Å². The highest BCUT2D eigenvalue weighted by molar-refractivity contribution is 7.91. The molecule has 6 nitrogen and oxygen atoms in total. The molecular formula is C12H10O6S2. The van der Waals surface area contributed by atoms with E-state index < -0.39 is 20.2 Å². The van der Waals surface area contributed by atoms with Crippen LogP contribution in [0.2, 0.25) is 0 Å². The van der Waals surface area contributed by atoms with Crippen molar-refractivity contribution in [3.8, 4) is 5.75 Å². The van der Waals surface area contributed by atoms with E-state index in [1.54, 1.807) is 18.2 Å². The van der Waals surface area contributed by atoms with Crippen molar-refractivity contribution in [3.05, 3.63) is 54.6 Å². The maximum Gasteiger partial charge on any atom is 0.446 e. The molecule has 0 aliphatic carbocycles. The Hall–Kier alpha value is -1.90. The first-order valence-corrected chi connectivity index (χ1v) is 8.21. The van der Waals surface area contributed by atoms with E-state index in [0.717, 1.165) is 6.07 Å². The average molecular weight is 314 g/mol. The number of rotatable bonds is 4. The summed E-state index contributed by atoms with van der Waals surface area (Å²) in [6.07, 6.45) is 0. The fourth-order valence-corrected chi connectivity index (χ4v) is 3.21. The number of sulfone groups is 1. The van der Waals surface area contributed by atoms with Gasteiger partial charge in [-0.3, -0.25) is 4.55 Å². The van der Waals surface area contributed by atoms with Crippen LogP contribution in [0.3, 0.4) is 0 Å². The van der Waals surface area contributed by atoms with Crippen LogP contribution in [0.5, 0.6) is 5.75 Å². The van der Waals surface area contributed by atoms with Crippen molar-refractivity contribution in [1.29, 1.82) is 0 Å². The highest BCUT2D eigenvalue weighted by Gasteiger charge is 2.18. The van der Waals surface area contributed by atoms with E-state index in [4.69, 9.17) is 4.55 Å². The van der Waals surface area contributed by atoms with Crippen LogP contribution in [-0.2, 0) is 20.2 Å². The quantitative estimate of drug-likeness (QED) is 0.863. The molecule has 2 rings (SSSR count). The van der Waals surface area contributed by atoms with Crippen molar-refractivity contribution in [2.45, 2.75) is 9.79 Å². The van der Waals surface area contributed by atoms with Gasteiger partial charge in [0.2, 0.25) is 9.84 Å². The lowest BCUT2D eigenvalue weighted by Crippen LogP contribution is -2.07. The molecule has 0 aromatic heterocycles. The minimum absolute atomic E-state index is 0.0732. The molecule has 0 spiro atoms. The van der Waals surface area contributed by atoms with Crippen LogP contribution < -0.4 is 4.18 Å². The SMILES string of the molecule is O=S(=O)(O)Oc1cccc(S(=O)(=O)c2ccccc2)c1. The molecule has 0 aliphatic heterocycles. The van der Waals surface area contributed by atoms with Crippen molar-refractivity contribution >= 4 is 20.2 Å². The molecule has 0 saturated carbocycles. The Morgan fingerprint density at radius 3 is 2.00 bits per heavy atom. The monoisotopic (exact) mass is 314 g/mol. The minimum Gasteiger partial charge on any atom is -0.362 e. The van der Waals surface area contributed by atoms with Gasteiger partial charge in [-0.1, -0.05) is 24.3 Å². The topological polar surface area (TPSA) is 97.7 Å². The van der Waals surface area contributed by atoms with Gasteiger partial charge in [-0.15, -0.1) is 0 Å². The Kier molecular flexibility index (Phi) is 3.80. The fraction of sp³-hybridized carbons (Fsp3) is 0. The van der Waals surface area contributed by atoms with Crippen LogP contribution >= 0.6 is 0 Å². The third-order valence-electron chi connectivity index (χ3n) is 2.37. The second-order valence-electron chi connectivity index (χ2n) is 3.80. The predicted octanol–water partition coefficient (Wildman–Crippen LogP) is 1.70. The van der Waals surface area contributed by atoms with Crippen molar-refractivity contribution in [1.82, 2.24) is 0 Å². The van der Waals surface area contributed by atoms with E-state index >= 15 is 0 Å². The van der Waals surface area contributed by atoms with Gasteiger partial charge in [-0.05, 0) is 24.3 Å². The maximum absolute atomic E-state index is 12.3. The van der Waals surface area contributed by atoms with Crippen molar-refractivity contribution < 1.29 is 25.6 Å². The summed E-state index contributed by atoms with van der Waals surface area (Å²) in [6, 6.07) is 12.5. The molecule has 0 atom stereocenters. The largest absolute Gasteiger partial charge is 0.446 e. The zero-order valence-electron chi connectivity index (χ0n) is 10.0. The van der Waals surface area contributed by atoms with Gasteiger partial charge >= 0.3 is 10.4 Å². The third-order valence-corrected chi connectivity index (χ3v) is 4.54. The van der Waals surface area contributed by atoms with E-state index in [9.17, 15) is 16.8 Å². The smallest absolute Gasteiger partial charge is 0.362 e. The minimum atomic E-state index is -4.70. The van der Waals surface area contributed by atoms with E-state index in [0.29, 0.717) is 0 Å². The molecule has 8 heteroatoms. The molecule has 1 N–H and O–H groups in total. The molecule has 0 amide bonds. The Bertz CT molecular complexity index is 810. The van der Waals surface area contributed by atoms with Crippen molar-refractivity contribution in [2.24, 2.45) is 0 Å². The van der Waals surface area contributed by atoms with Gasteiger partial charge in [0, 0.05) is 6.07 Å². The molecular weight excluding hydrogens is 304 g/mol. The molecule has 0 saturated heterocycles. The van der Waals surface area contributed by atoms with Crippen LogP contribution in [0.1, 0.15) is 0 Å². The first kappa shape index (κ1) is 14.5. The van der Waals surface area contributed by atoms with Gasteiger partial charge in [-0.2, -0.15) is 8.42 Å². The van der Waals surface area contributed by atoms with Crippen molar-refractivity contribution in [2.75, 3.05) is 0 Å². The zero-order valence-corrected chi connectivity index (χ0v) is 11.6. The summed E-state index contributed by atoms with van der Waals surface area (Å²) in [4.78, 5) is -0.0612. The van der Waals surface area contributed by atoms with E-state index in [1.807, 2.05) is 0 Å². The Balaban J connectivity index is 2.46. The van der Waals surface area contributed by atoms with Gasteiger partial charge in [0.1, 0.15) is 5.75 Å². The van der Waals surface area contributed by atoms with Gasteiger partial charge in [0.25, 0.3) is 0 Å². The zero-order chi connectivity index (χ0) is 14.8. The first-order valence-electron chi connectivity index (χ1n) is 5.36. The number of hydrogen-bond acceptors (Lipinski definition) is 5. The van der Waals surface area contributed by atoms with Crippen molar-refractivity contribution in [3.63, 3.8) is 0 Å². The van der Waals surface area contributed by atoms with Crippen LogP contribution in [0.15, 0.2) is 64.4 Å². The lowest BCUT2D eigenvalue weighted by atomic mass is 10.3. The van der Waals surface area contributed by atoms with E-state index in [-0.39, 0.29) is 15.5 Å². The van der Waals surface area contributed by atoms with Crippen LogP contribution in [0, 0.1) is 0 Å². The molecule has 0 radical (unpaired) electrons. The fourth-order valence-electron chi connectivity index (χ4n) is 1.55. The highest BCUT2D eigenvalue weighted by Crippen LogP contribution is 2.24. The highest BCUT2D eigenvalue weighted by atomic mass is 32.3. The molecule has 2 aromatic rings. The molecule has 0 unspecified atom stereocenters. The van der Waals surface area contributed by atoms with Gasteiger partial charge < -0.3 is 4.18 Å². The summed E-state index contributed by atoms with van der Waals surface area (Å²) in [5.74, 6) is -0.287. The van der Waals surface area contributed by atoms with E-state index in [1.165, 1.54) is 30.3 Å². The molecule has 2 aromatic carbocycles. The average Bonchev–Trinajstić information content (AvgIpc) is 2.38. The normalized spacial score (nSPS) is 12.1. The van der Waals surface area contributed by atoms with Crippen LogP contribution in [0.4, 0.5) is 0 Å². The first-order chi connectivity index (χ1) is 9.29.